The number of carboxylic acids is 1. The Bertz CT molecular complexity index is 500. The van der Waals surface area contributed by atoms with E-state index in [1.807, 2.05) is 0 Å². The molecule has 0 bridgehead atoms. The van der Waals surface area contributed by atoms with E-state index < -0.39 is 21.0 Å². The SMILES string of the molecule is CS(=O)(=O)c1ncc(CC(=O)O)c(Cl)n1. The van der Waals surface area contributed by atoms with Crippen LogP contribution in [0.3, 0.4) is 0 Å². The summed E-state index contributed by atoms with van der Waals surface area (Å²) < 4.78 is 22.0. The number of carboxylic acid groups (broad SMARTS) is 1. The van der Waals surface area contributed by atoms with E-state index >= 15 is 0 Å². The summed E-state index contributed by atoms with van der Waals surface area (Å²) in [4.78, 5) is 17.4. The Kier molecular flexibility index (Phi) is 3.25. The minimum Gasteiger partial charge on any atom is -0.481 e. The predicted molar refractivity (Wildman–Crippen MR) is 51.5 cm³/mol. The van der Waals surface area contributed by atoms with E-state index in [1.54, 1.807) is 0 Å². The molecule has 0 aliphatic rings. The van der Waals surface area contributed by atoms with Gasteiger partial charge in [-0.2, -0.15) is 0 Å². The van der Waals surface area contributed by atoms with Crippen molar-refractivity contribution < 1.29 is 18.3 Å². The van der Waals surface area contributed by atoms with Crippen molar-refractivity contribution >= 4 is 27.4 Å². The summed E-state index contributed by atoms with van der Waals surface area (Å²) in [7, 11) is -3.52. The molecule has 82 valence electrons. The van der Waals surface area contributed by atoms with Crippen LogP contribution in [0.5, 0.6) is 0 Å². The van der Waals surface area contributed by atoms with E-state index in [1.165, 1.54) is 0 Å². The second kappa shape index (κ2) is 4.11. The van der Waals surface area contributed by atoms with Gasteiger partial charge in [0, 0.05) is 18.0 Å². The van der Waals surface area contributed by atoms with Crippen molar-refractivity contribution in [1.29, 1.82) is 0 Å². The summed E-state index contributed by atoms with van der Waals surface area (Å²) in [6.45, 7) is 0. The number of aliphatic carboxylic acids is 1. The van der Waals surface area contributed by atoms with Crippen LogP contribution in [-0.2, 0) is 21.1 Å². The van der Waals surface area contributed by atoms with Gasteiger partial charge in [-0.25, -0.2) is 18.4 Å². The minimum atomic E-state index is -3.52. The standard InChI is InChI=1S/C7H7ClN2O4S/c1-15(13,14)7-9-3-4(2-5(11)12)6(8)10-7/h3H,2H2,1H3,(H,11,12). The molecule has 8 heteroatoms. The zero-order valence-electron chi connectivity index (χ0n) is 7.64. The smallest absolute Gasteiger partial charge is 0.307 e. The zero-order chi connectivity index (χ0) is 11.6. The van der Waals surface area contributed by atoms with Gasteiger partial charge in [0.15, 0.2) is 0 Å². The fourth-order valence-electron chi connectivity index (χ4n) is 0.831. The molecule has 0 unspecified atom stereocenters. The quantitative estimate of drug-likeness (QED) is 0.606. The van der Waals surface area contributed by atoms with E-state index in [2.05, 4.69) is 9.97 Å². The maximum atomic E-state index is 11.0. The number of hydrogen-bond donors (Lipinski definition) is 1. The lowest BCUT2D eigenvalue weighted by molar-refractivity contribution is -0.136. The molecule has 15 heavy (non-hydrogen) atoms. The molecule has 1 N–H and O–H groups in total. The molecule has 1 rings (SSSR count). The van der Waals surface area contributed by atoms with Crippen LogP contribution < -0.4 is 0 Å². The Morgan fingerprint density at radius 2 is 2.20 bits per heavy atom. The van der Waals surface area contributed by atoms with Gasteiger partial charge in [0.05, 0.1) is 6.42 Å². The minimum absolute atomic E-state index is 0.159. The highest BCUT2D eigenvalue weighted by Crippen LogP contribution is 2.14. The Balaban J connectivity index is 3.15. The molecule has 0 aliphatic heterocycles. The van der Waals surface area contributed by atoms with Gasteiger partial charge in [0.1, 0.15) is 5.15 Å². The Morgan fingerprint density at radius 1 is 1.60 bits per heavy atom. The molecule has 0 fully saturated rings. The monoisotopic (exact) mass is 250 g/mol. The molecule has 1 aromatic heterocycles. The van der Waals surface area contributed by atoms with E-state index in [0.717, 1.165) is 12.5 Å². The molecule has 0 radical (unpaired) electrons. The van der Waals surface area contributed by atoms with Gasteiger partial charge >= 0.3 is 5.97 Å². The largest absolute Gasteiger partial charge is 0.481 e. The van der Waals surface area contributed by atoms with Crippen LogP contribution >= 0.6 is 11.6 Å². The maximum absolute atomic E-state index is 11.0. The van der Waals surface area contributed by atoms with Gasteiger partial charge in [-0.15, -0.1) is 0 Å². The first-order chi connectivity index (χ1) is 6.80. The number of aromatic nitrogens is 2. The summed E-state index contributed by atoms with van der Waals surface area (Å²) in [6.07, 6.45) is 1.69. The third-order valence-corrected chi connectivity index (χ3v) is 2.65. The van der Waals surface area contributed by atoms with Gasteiger partial charge in [0.25, 0.3) is 0 Å². The Labute approximate surface area is 90.8 Å². The average molecular weight is 251 g/mol. The first kappa shape index (κ1) is 11.9. The first-order valence-electron chi connectivity index (χ1n) is 3.74. The van der Waals surface area contributed by atoms with E-state index in [9.17, 15) is 13.2 Å². The number of rotatable bonds is 3. The average Bonchev–Trinajstić information content (AvgIpc) is 2.05. The number of sulfone groups is 1. The van der Waals surface area contributed by atoms with Crippen LogP contribution in [0, 0.1) is 0 Å². The van der Waals surface area contributed by atoms with E-state index in [-0.39, 0.29) is 17.1 Å². The molecule has 1 aromatic rings. The lowest BCUT2D eigenvalue weighted by atomic mass is 10.2. The normalized spacial score (nSPS) is 11.3. The third kappa shape index (κ3) is 3.14. The van der Waals surface area contributed by atoms with Crippen LogP contribution in [0.25, 0.3) is 0 Å². The van der Waals surface area contributed by atoms with Crippen molar-refractivity contribution in [3.63, 3.8) is 0 Å². The summed E-state index contributed by atoms with van der Waals surface area (Å²) >= 11 is 5.60. The number of hydrogen-bond acceptors (Lipinski definition) is 5. The number of nitrogens with zero attached hydrogens (tertiary/aromatic N) is 2. The van der Waals surface area contributed by atoms with Crippen LogP contribution in [-0.4, -0.2) is 35.7 Å². The lowest BCUT2D eigenvalue weighted by Crippen LogP contribution is -2.08. The Hall–Kier alpha value is -1.21. The highest BCUT2D eigenvalue weighted by Gasteiger charge is 2.14. The molecular weight excluding hydrogens is 244 g/mol. The van der Waals surface area contributed by atoms with Crippen molar-refractivity contribution in [3.8, 4) is 0 Å². The van der Waals surface area contributed by atoms with Gasteiger partial charge in [-0.1, -0.05) is 11.6 Å². The molecule has 1 heterocycles. The molecular formula is C7H7ClN2O4S. The lowest BCUT2D eigenvalue weighted by Gasteiger charge is -2.01. The van der Waals surface area contributed by atoms with Gasteiger partial charge < -0.3 is 5.11 Å². The van der Waals surface area contributed by atoms with Crippen LogP contribution in [0.15, 0.2) is 11.4 Å². The van der Waals surface area contributed by atoms with Crippen LogP contribution in [0.2, 0.25) is 5.15 Å². The van der Waals surface area contributed by atoms with Crippen molar-refractivity contribution in [1.82, 2.24) is 9.97 Å². The third-order valence-electron chi connectivity index (χ3n) is 1.46. The fourth-order valence-corrected chi connectivity index (χ4v) is 1.58. The van der Waals surface area contributed by atoms with Crippen LogP contribution in [0.1, 0.15) is 5.56 Å². The second-order valence-electron chi connectivity index (χ2n) is 2.81. The van der Waals surface area contributed by atoms with E-state index in [4.69, 9.17) is 16.7 Å². The molecule has 0 saturated heterocycles. The molecule has 6 nitrogen and oxygen atoms in total. The summed E-state index contributed by atoms with van der Waals surface area (Å²) in [5.41, 5.74) is 0.177. The summed E-state index contributed by atoms with van der Waals surface area (Å²) in [5.74, 6) is -1.09. The molecule has 0 aliphatic carbocycles. The molecule has 0 amide bonds. The molecule has 0 spiro atoms. The Morgan fingerprint density at radius 3 is 2.60 bits per heavy atom. The van der Waals surface area contributed by atoms with Crippen molar-refractivity contribution in [2.75, 3.05) is 6.26 Å². The first-order valence-corrected chi connectivity index (χ1v) is 6.01. The van der Waals surface area contributed by atoms with Crippen molar-refractivity contribution in [3.05, 3.63) is 16.9 Å². The highest BCUT2D eigenvalue weighted by molar-refractivity contribution is 7.90. The molecule has 0 atom stereocenters. The van der Waals surface area contributed by atoms with Gasteiger partial charge in [-0.05, 0) is 0 Å². The topological polar surface area (TPSA) is 97.2 Å². The van der Waals surface area contributed by atoms with Gasteiger partial charge in [0.2, 0.25) is 15.0 Å². The summed E-state index contributed by atoms with van der Waals surface area (Å²) in [6, 6.07) is 0. The van der Waals surface area contributed by atoms with Crippen LogP contribution in [0.4, 0.5) is 0 Å². The maximum Gasteiger partial charge on any atom is 0.307 e. The van der Waals surface area contributed by atoms with Gasteiger partial charge in [-0.3, -0.25) is 4.79 Å². The second-order valence-corrected chi connectivity index (χ2v) is 5.08. The van der Waals surface area contributed by atoms with E-state index in [0.29, 0.717) is 0 Å². The molecule has 0 aromatic carbocycles. The van der Waals surface area contributed by atoms with Crippen molar-refractivity contribution in [2.45, 2.75) is 11.6 Å². The fraction of sp³-hybridized carbons (Fsp3) is 0.286. The number of halogens is 1. The predicted octanol–water partition coefficient (Wildman–Crippen LogP) is 0.161. The van der Waals surface area contributed by atoms with Crippen molar-refractivity contribution in [2.24, 2.45) is 0 Å². The summed E-state index contributed by atoms with van der Waals surface area (Å²) in [5, 5.41) is 7.91. The molecule has 0 saturated carbocycles. The number of carbonyl (C=O) groups is 1. The highest BCUT2D eigenvalue weighted by atomic mass is 35.5. The zero-order valence-corrected chi connectivity index (χ0v) is 9.21.